The summed E-state index contributed by atoms with van der Waals surface area (Å²) in [5.74, 6) is 1.75. The van der Waals surface area contributed by atoms with Crippen LogP contribution in [-0.2, 0) is 0 Å². The van der Waals surface area contributed by atoms with Gasteiger partial charge in [-0.3, -0.25) is 4.79 Å². The minimum Gasteiger partial charge on any atom is -0.372 e. The van der Waals surface area contributed by atoms with Crippen molar-refractivity contribution in [3.05, 3.63) is 22.3 Å². The second-order valence-electron chi connectivity index (χ2n) is 4.50. The van der Waals surface area contributed by atoms with Gasteiger partial charge in [0.25, 0.3) is 5.91 Å². The second kappa shape index (κ2) is 7.14. The molecular weight excluding hydrogens is 326 g/mol. The Bertz CT molecular complexity index is 450. The van der Waals surface area contributed by atoms with E-state index in [-0.39, 0.29) is 5.91 Å². The molecule has 0 radical (unpaired) electrons. The molecule has 4 nitrogen and oxygen atoms in total. The fourth-order valence-electron chi connectivity index (χ4n) is 2.08. The van der Waals surface area contributed by atoms with Gasteiger partial charge in [0.05, 0.1) is 5.56 Å². The monoisotopic (exact) mass is 343 g/mol. The van der Waals surface area contributed by atoms with Gasteiger partial charge in [-0.2, -0.15) is 11.8 Å². The van der Waals surface area contributed by atoms with E-state index in [9.17, 15) is 4.79 Å². The molecule has 1 aliphatic rings. The molecule has 0 spiro atoms. The number of aromatic nitrogens is 1. The van der Waals surface area contributed by atoms with Gasteiger partial charge in [0.1, 0.15) is 5.82 Å². The lowest BCUT2D eigenvalue weighted by Gasteiger charge is -2.21. The molecule has 1 amide bonds. The molecule has 1 aromatic rings. The van der Waals surface area contributed by atoms with Crippen LogP contribution in [0.2, 0.25) is 0 Å². The lowest BCUT2D eigenvalue weighted by molar-refractivity contribution is 0.0954. The molecule has 0 aliphatic carbocycles. The minimum absolute atomic E-state index is 0.0654. The maximum Gasteiger partial charge on any atom is 0.255 e. The molecule has 1 fully saturated rings. The van der Waals surface area contributed by atoms with Crippen molar-refractivity contribution in [3.8, 4) is 0 Å². The third-order valence-electron chi connectivity index (χ3n) is 3.10. The molecule has 1 unspecified atom stereocenters. The van der Waals surface area contributed by atoms with Crippen molar-refractivity contribution in [2.24, 2.45) is 0 Å². The fourth-order valence-corrected chi connectivity index (χ4v) is 3.65. The molecule has 0 aromatic carbocycles. The molecule has 1 aromatic heterocycles. The van der Waals surface area contributed by atoms with Gasteiger partial charge in [0.15, 0.2) is 0 Å². The third kappa shape index (κ3) is 4.11. The van der Waals surface area contributed by atoms with E-state index in [1.807, 2.05) is 11.8 Å². The van der Waals surface area contributed by atoms with Crippen molar-refractivity contribution < 1.29 is 4.79 Å². The minimum atomic E-state index is -0.0654. The lowest BCUT2D eigenvalue weighted by atomic mass is 10.2. The standard InChI is InChI=1S/C13H18BrN3OS/c1-15-12-11(6-9(14)7-16-12)13(18)17-8-10-4-2-3-5-19-10/h6-7,10H,2-5,8H2,1H3,(H,15,16)(H,17,18). The number of carbonyl (C=O) groups is 1. The average molecular weight is 344 g/mol. The van der Waals surface area contributed by atoms with E-state index in [2.05, 4.69) is 31.5 Å². The molecular formula is C13H18BrN3OS. The molecule has 6 heteroatoms. The van der Waals surface area contributed by atoms with E-state index in [1.54, 1.807) is 19.3 Å². The number of nitrogens with one attached hydrogen (secondary N) is 2. The number of nitrogens with zero attached hydrogens (tertiary/aromatic N) is 1. The summed E-state index contributed by atoms with van der Waals surface area (Å²) in [6.07, 6.45) is 5.45. The van der Waals surface area contributed by atoms with Crippen molar-refractivity contribution in [3.63, 3.8) is 0 Å². The first-order valence-corrected chi connectivity index (χ1v) is 8.28. The normalized spacial score (nSPS) is 18.9. The number of pyridine rings is 1. The summed E-state index contributed by atoms with van der Waals surface area (Å²) in [5, 5.41) is 6.51. The van der Waals surface area contributed by atoms with Crippen LogP contribution in [0.3, 0.4) is 0 Å². The lowest BCUT2D eigenvalue weighted by Crippen LogP contribution is -2.32. The number of thioether (sulfide) groups is 1. The summed E-state index contributed by atoms with van der Waals surface area (Å²) in [6.45, 7) is 0.735. The quantitative estimate of drug-likeness (QED) is 0.882. The largest absolute Gasteiger partial charge is 0.372 e. The summed E-state index contributed by atoms with van der Waals surface area (Å²) in [5.41, 5.74) is 0.581. The van der Waals surface area contributed by atoms with Crippen LogP contribution in [0.25, 0.3) is 0 Å². The Hall–Kier alpha value is -0.750. The van der Waals surface area contributed by atoms with E-state index >= 15 is 0 Å². The third-order valence-corrected chi connectivity index (χ3v) is 4.93. The number of anilines is 1. The molecule has 104 valence electrons. The first kappa shape index (κ1) is 14.7. The van der Waals surface area contributed by atoms with Crippen LogP contribution in [0, 0.1) is 0 Å². The first-order chi connectivity index (χ1) is 9.20. The van der Waals surface area contributed by atoms with Gasteiger partial charge < -0.3 is 10.6 Å². The van der Waals surface area contributed by atoms with E-state index in [1.165, 1.54) is 25.0 Å². The zero-order chi connectivity index (χ0) is 13.7. The molecule has 1 saturated heterocycles. The van der Waals surface area contributed by atoms with Gasteiger partial charge in [-0.15, -0.1) is 0 Å². The van der Waals surface area contributed by atoms with Crippen LogP contribution < -0.4 is 10.6 Å². The SMILES string of the molecule is CNc1ncc(Br)cc1C(=O)NCC1CCCCS1. The van der Waals surface area contributed by atoms with Gasteiger partial charge in [-0.05, 0) is 40.6 Å². The van der Waals surface area contributed by atoms with Crippen molar-refractivity contribution in [2.45, 2.75) is 24.5 Å². The summed E-state index contributed by atoms with van der Waals surface area (Å²) in [6, 6.07) is 1.79. The van der Waals surface area contributed by atoms with Crippen molar-refractivity contribution in [1.29, 1.82) is 0 Å². The Labute approximate surface area is 126 Å². The number of halogens is 1. The maximum absolute atomic E-state index is 12.2. The number of amides is 1. The Kier molecular flexibility index (Phi) is 5.51. The van der Waals surface area contributed by atoms with E-state index in [0.717, 1.165) is 11.0 Å². The summed E-state index contributed by atoms with van der Waals surface area (Å²) in [7, 11) is 1.77. The zero-order valence-corrected chi connectivity index (χ0v) is 13.3. The van der Waals surface area contributed by atoms with Crippen LogP contribution in [0.1, 0.15) is 29.6 Å². The molecule has 1 aliphatic heterocycles. The number of carbonyl (C=O) groups excluding carboxylic acids is 1. The predicted octanol–water partition coefficient (Wildman–Crippen LogP) is 2.90. The van der Waals surface area contributed by atoms with Gasteiger partial charge in [0, 0.05) is 29.5 Å². The highest BCUT2D eigenvalue weighted by atomic mass is 79.9. The van der Waals surface area contributed by atoms with Gasteiger partial charge in [0.2, 0.25) is 0 Å². The van der Waals surface area contributed by atoms with Gasteiger partial charge >= 0.3 is 0 Å². The maximum atomic E-state index is 12.2. The Morgan fingerprint density at radius 1 is 1.58 bits per heavy atom. The second-order valence-corrected chi connectivity index (χ2v) is 6.82. The molecule has 0 saturated carbocycles. The van der Waals surface area contributed by atoms with Crippen molar-refractivity contribution in [1.82, 2.24) is 10.3 Å². The molecule has 2 rings (SSSR count). The van der Waals surface area contributed by atoms with Crippen molar-refractivity contribution >= 4 is 39.4 Å². The fraction of sp³-hybridized carbons (Fsp3) is 0.538. The Morgan fingerprint density at radius 3 is 3.11 bits per heavy atom. The van der Waals surface area contributed by atoms with Crippen molar-refractivity contribution in [2.75, 3.05) is 24.7 Å². The summed E-state index contributed by atoms with van der Waals surface area (Å²) in [4.78, 5) is 16.4. The summed E-state index contributed by atoms with van der Waals surface area (Å²) >= 11 is 5.31. The van der Waals surface area contributed by atoms with Crippen LogP contribution >= 0.6 is 27.7 Å². The highest BCUT2D eigenvalue weighted by Crippen LogP contribution is 2.24. The molecule has 1 atom stereocenters. The Morgan fingerprint density at radius 2 is 2.42 bits per heavy atom. The Balaban J connectivity index is 1.97. The molecule has 2 N–H and O–H groups in total. The molecule has 0 bridgehead atoms. The number of hydrogen-bond donors (Lipinski definition) is 2. The average Bonchev–Trinajstić information content (AvgIpc) is 2.46. The van der Waals surface area contributed by atoms with E-state index in [4.69, 9.17) is 0 Å². The van der Waals surface area contributed by atoms with E-state index < -0.39 is 0 Å². The van der Waals surface area contributed by atoms with Gasteiger partial charge in [-0.1, -0.05) is 6.42 Å². The van der Waals surface area contributed by atoms with Gasteiger partial charge in [-0.25, -0.2) is 4.98 Å². The molecule has 19 heavy (non-hydrogen) atoms. The zero-order valence-electron chi connectivity index (χ0n) is 10.9. The van der Waals surface area contributed by atoms with Crippen LogP contribution in [0.4, 0.5) is 5.82 Å². The van der Waals surface area contributed by atoms with Crippen LogP contribution in [0.5, 0.6) is 0 Å². The van der Waals surface area contributed by atoms with Crippen LogP contribution in [0.15, 0.2) is 16.7 Å². The smallest absolute Gasteiger partial charge is 0.255 e. The number of hydrogen-bond acceptors (Lipinski definition) is 4. The topological polar surface area (TPSA) is 54.0 Å². The highest BCUT2D eigenvalue weighted by molar-refractivity contribution is 9.10. The van der Waals surface area contributed by atoms with Crippen LogP contribution in [-0.4, -0.2) is 35.5 Å². The first-order valence-electron chi connectivity index (χ1n) is 6.44. The highest BCUT2D eigenvalue weighted by Gasteiger charge is 2.17. The molecule has 2 heterocycles. The predicted molar refractivity (Wildman–Crippen MR) is 83.9 cm³/mol. The summed E-state index contributed by atoms with van der Waals surface area (Å²) < 4.78 is 0.809. The number of rotatable bonds is 4. The van der Waals surface area contributed by atoms with E-state index in [0.29, 0.717) is 16.6 Å².